The number of nitrogens with zero attached hydrogens (tertiary/aromatic N) is 1. The highest BCUT2D eigenvalue weighted by molar-refractivity contribution is 6.18. The molecule has 0 spiro atoms. The van der Waals surface area contributed by atoms with E-state index in [9.17, 15) is 0 Å². The van der Waals surface area contributed by atoms with Crippen molar-refractivity contribution in [3.63, 3.8) is 0 Å². The lowest BCUT2D eigenvalue weighted by Gasteiger charge is -2.18. The second kappa shape index (κ2) is 6.52. The lowest BCUT2D eigenvalue weighted by atomic mass is 9.98. The molecule has 1 aliphatic rings. The number of anilines is 1. The lowest BCUT2D eigenvalue weighted by molar-refractivity contribution is 0.415. The highest BCUT2D eigenvalue weighted by atomic mass is 35.5. The number of alkyl halides is 1. The van der Waals surface area contributed by atoms with Gasteiger partial charge in [-0.1, -0.05) is 6.42 Å². The van der Waals surface area contributed by atoms with E-state index in [1.807, 2.05) is 24.4 Å². The maximum atomic E-state index is 6.06. The number of ether oxygens (including phenoxy) is 1. The number of nitrogens with one attached hydrogen (secondary N) is 1. The van der Waals surface area contributed by atoms with E-state index in [0.717, 1.165) is 34.8 Å². The van der Waals surface area contributed by atoms with Gasteiger partial charge in [0.15, 0.2) is 0 Å². The number of hydrogen-bond donors (Lipinski definition) is 1. The molecule has 2 unspecified atom stereocenters. The van der Waals surface area contributed by atoms with Crippen LogP contribution in [0.3, 0.4) is 0 Å². The first-order chi connectivity index (χ1) is 10.3. The zero-order valence-electron chi connectivity index (χ0n) is 12.3. The SMILES string of the molecule is COc1ccc2c(NCC3CCCC3CCl)nccc2c1. The summed E-state index contributed by atoms with van der Waals surface area (Å²) in [6.45, 7) is 0.954. The molecule has 0 saturated heterocycles. The van der Waals surface area contributed by atoms with Crippen molar-refractivity contribution in [2.45, 2.75) is 19.3 Å². The van der Waals surface area contributed by atoms with Crippen molar-refractivity contribution in [3.05, 3.63) is 30.5 Å². The lowest BCUT2D eigenvalue weighted by Crippen LogP contribution is -2.19. The van der Waals surface area contributed by atoms with Crippen LogP contribution in [0.1, 0.15) is 19.3 Å². The smallest absolute Gasteiger partial charge is 0.133 e. The fourth-order valence-corrected chi connectivity index (χ4v) is 3.64. The first kappa shape index (κ1) is 14.5. The minimum atomic E-state index is 0.647. The molecule has 112 valence electrons. The van der Waals surface area contributed by atoms with Crippen LogP contribution in [0.5, 0.6) is 5.75 Å². The van der Waals surface area contributed by atoms with Gasteiger partial charge >= 0.3 is 0 Å². The monoisotopic (exact) mass is 304 g/mol. The average Bonchev–Trinajstić information content (AvgIpc) is 2.99. The Morgan fingerprint density at radius 3 is 2.95 bits per heavy atom. The Morgan fingerprint density at radius 2 is 2.14 bits per heavy atom. The molecule has 2 aromatic rings. The molecule has 1 N–H and O–H groups in total. The Balaban J connectivity index is 1.77. The Morgan fingerprint density at radius 1 is 1.29 bits per heavy atom. The van der Waals surface area contributed by atoms with Crippen LogP contribution in [0.2, 0.25) is 0 Å². The standard InChI is InChI=1S/C17H21ClN2O/c1-21-15-5-6-16-12(9-15)7-8-19-17(16)20-11-14-4-2-3-13(14)10-18/h5-9,13-14H,2-4,10-11H2,1H3,(H,19,20). The normalized spacial score (nSPS) is 21.6. The van der Waals surface area contributed by atoms with E-state index in [4.69, 9.17) is 16.3 Å². The summed E-state index contributed by atoms with van der Waals surface area (Å²) < 4.78 is 5.28. The fourth-order valence-electron chi connectivity index (χ4n) is 3.24. The van der Waals surface area contributed by atoms with Gasteiger partial charge < -0.3 is 10.1 Å². The molecule has 1 saturated carbocycles. The van der Waals surface area contributed by atoms with E-state index in [1.54, 1.807) is 7.11 Å². The first-order valence-corrected chi connectivity index (χ1v) is 8.08. The van der Waals surface area contributed by atoms with Crippen molar-refractivity contribution < 1.29 is 4.74 Å². The Hall–Kier alpha value is -1.48. The summed E-state index contributed by atoms with van der Waals surface area (Å²) in [5.74, 6) is 3.91. The largest absolute Gasteiger partial charge is 0.497 e. The number of aromatic nitrogens is 1. The molecule has 4 heteroatoms. The van der Waals surface area contributed by atoms with Crippen LogP contribution in [-0.4, -0.2) is 24.5 Å². The van der Waals surface area contributed by atoms with Crippen molar-refractivity contribution >= 4 is 28.2 Å². The summed E-state index contributed by atoms with van der Waals surface area (Å²) in [5.41, 5.74) is 0. The minimum absolute atomic E-state index is 0.647. The van der Waals surface area contributed by atoms with Crippen LogP contribution in [0.25, 0.3) is 10.8 Å². The van der Waals surface area contributed by atoms with Crippen molar-refractivity contribution in [1.82, 2.24) is 4.98 Å². The van der Waals surface area contributed by atoms with Crippen LogP contribution < -0.4 is 10.1 Å². The molecular weight excluding hydrogens is 284 g/mol. The van der Waals surface area contributed by atoms with Gasteiger partial charge in [-0.15, -0.1) is 11.6 Å². The maximum absolute atomic E-state index is 6.06. The van der Waals surface area contributed by atoms with Gasteiger partial charge in [-0.3, -0.25) is 0 Å². The molecular formula is C17H21ClN2O. The van der Waals surface area contributed by atoms with Crippen LogP contribution in [-0.2, 0) is 0 Å². The van der Waals surface area contributed by atoms with Crippen molar-refractivity contribution in [1.29, 1.82) is 0 Å². The van der Waals surface area contributed by atoms with Gasteiger partial charge in [-0.2, -0.15) is 0 Å². The Bertz CT molecular complexity index is 617. The van der Waals surface area contributed by atoms with Crippen LogP contribution >= 0.6 is 11.6 Å². The molecule has 1 heterocycles. The summed E-state index contributed by atoms with van der Waals surface area (Å²) in [4.78, 5) is 4.49. The summed E-state index contributed by atoms with van der Waals surface area (Å²) in [6, 6.07) is 8.10. The summed E-state index contributed by atoms with van der Waals surface area (Å²) in [5, 5.41) is 5.80. The number of pyridine rings is 1. The summed E-state index contributed by atoms with van der Waals surface area (Å²) in [7, 11) is 1.69. The molecule has 1 aromatic carbocycles. The van der Waals surface area contributed by atoms with Gasteiger partial charge in [-0.25, -0.2) is 4.98 Å². The maximum Gasteiger partial charge on any atom is 0.133 e. The molecule has 1 aliphatic carbocycles. The molecule has 0 bridgehead atoms. The average molecular weight is 305 g/mol. The van der Waals surface area contributed by atoms with Gasteiger partial charge in [0, 0.05) is 24.0 Å². The fraction of sp³-hybridized carbons (Fsp3) is 0.471. The van der Waals surface area contributed by atoms with Crippen molar-refractivity contribution in [3.8, 4) is 5.75 Å². The molecule has 21 heavy (non-hydrogen) atoms. The quantitative estimate of drug-likeness (QED) is 0.836. The second-order valence-corrected chi connectivity index (χ2v) is 6.04. The van der Waals surface area contributed by atoms with Crippen molar-refractivity contribution in [2.24, 2.45) is 11.8 Å². The topological polar surface area (TPSA) is 34.1 Å². The molecule has 0 radical (unpaired) electrons. The zero-order valence-corrected chi connectivity index (χ0v) is 13.1. The highest BCUT2D eigenvalue weighted by Crippen LogP contribution is 2.33. The number of halogens is 1. The van der Waals surface area contributed by atoms with E-state index in [0.29, 0.717) is 11.8 Å². The van der Waals surface area contributed by atoms with E-state index in [2.05, 4.69) is 16.4 Å². The third-order valence-corrected chi connectivity index (χ3v) is 4.91. The molecule has 3 rings (SSSR count). The third-order valence-electron chi connectivity index (χ3n) is 4.52. The third kappa shape index (κ3) is 3.08. The number of rotatable bonds is 5. The number of fused-ring (bicyclic) bond motifs is 1. The summed E-state index contributed by atoms with van der Waals surface area (Å²) in [6.07, 6.45) is 5.67. The zero-order chi connectivity index (χ0) is 14.7. The predicted molar refractivity (Wildman–Crippen MR) is 88.3 cm³/mol. The van der Waals surface area contributed by atoms with Gasteiger partial charge in [0.25, 0.3) is 0 Å². The molecule has 0 amide bonds. The molecule has 1 fully saturated rings. The molecule has 0 aliphatic heterocycles. The minimum Gasteiger partial charge on any atom is -0.497 e. The summed E-state index contributed by atoms with van der Waals surface area (Å²) >= 11 is 6.06. The van der Waals surface area contributed by atoms with Gasteiger partial charge in [0.2, 0.25) is 0 Å². The number of methoxy groups -OCH3 is 1. The van der Waals surface area contributed by atoms with Gasteiger partial charge in [0.05, 0.1) is 7.11 Å². The number of benzene rings is 1. The van der Waals surface area contributed by atoms with E-state index < -0.39 is 0 Å². The Kier molecular flexibility index (Phi) is 4.49. The van der Waals surface area contributed by atoms with Gasteiger partial charge in [-0.05, 0) is 54.3 Å². The van der Waals surface area contributed by atoms with Crippen molar-refractivity contribution in [2.75, 3.05) is 24.9 Å². The van der Waals surface area contributed by atoms with E-state index in [1.165, 1.54) is 19.3 Å². The first-order valence-electron chi connectivity index (χ1n) is 7.54. The molecule has 1 aromatic heterocycles. The van der Waals surface area contributed by atoms with E-state index >= 15 is 0 Å². The second-order valence-electron chi connectivity index (χ2n) is 5.73. The predicted octanol–water partition coefficient (Wildman–Crippen LogP) is 4.31. The number of hydrogen-bond acceptors (Lipinski definition) is 3. The Labute approximate surface area is 130 Å². The highest BCUT2D eigenvalue weighted by Gasteiger charge is 2.26. The van der Waals surface area contributed by atoms with Crippen LogP contribution in [0.15, 0.2) is 30.5 Å². The van der Waals surface area contributed by atoms with E-state index in [-0.39, 0.29) is 0 Å². The molecule has 2 atom stereocenters. The molecule has 3 nitrogen and oxygen atoms in total. The van der Waals surface area contributed by atoms with Crippen LogP contribution in [0, 0.1) is 11.8 Å². The van der Waals surface area contributed by atoms with Crippen LogP contribution in [0.4, 0.5) is 5.82 Å². The van der Waals surface area contributed by atoms with Gasteiger partial charge in [0.1, 0.15) is 11.6 Å².